The van der Waals surface area contributed by atoms with Crippen LogP contribution in [0.1, 0.15) is 38.5 Å². The fourth-order valence-electron chi connectivity index (χ4n) is 2.20. The molecule has 0 saturated heterocycles. The Labute approximate surface area is 107 Å². The molecule has 0 aromatic carbocycles. The Morgan fingerprint density at radius 3 is 2.28 bits per heavy atom. The second-order valence-electron chi connectivity index (χ2n) is 4.88. The van der Waals surface area contributed by atoms with Crippen molar-refractivity contribution in [2.45, 2.75) is 44.1 Å². The number of carboxylic acids is 1. The molecular formula is C11H19NO5S. The number of rotatable bonds is 6. The third-order valence-electron chi connectivity index (χ3n) is 3.16. The molecule has 1 saturated carbocycles. The zero-order chi connectivity index (χ0) is 13.8. The van der Waals surface area contributed by atoms with E-state index in [-0.39, 0.29) is 24.5 Å². The highest BCUT2D eigenvalue weighted by Gasteiger charge is 2.42. The third-order valence-corrected chi connectivity index (χ3v) is 4.19. The average molecular weight is 277 g/mol. The van der Waals surface area contributed by atoms with Gasteiger partial charge in [0.15, 0.2) is 0 Å². The lowest BCUT2D eigenvalue weighted by Crippen LogP contribution is -2.52. The molecule has 104 valence electrons. The van der Waals surface area contributed by atoms with Crippen molar-refractivity contribution in [1.29, 1.82) is 0 Å². The maximum atomic E-state index is 11.6. The second kappa shape index (κ2) is 5.69. The summed E-state index contributed by atoms with van der Waals surface area (Å²) in [6, 6.07) is 0. The van der Waals surface area contributed by atoms with E-state index in [1.54, 1.807) is 0 Å². The first-order valence-corrected chi connectivity index (χ1v) is 8.03. The van der Waals surface area contributed by atoms with Crippen molar-refractivity contribution in [3.05, 3.63) is 0 Å². The van der Waals surface area contributed by atoms with E-state index in [1.807, 2.05) is 0 Å². The zero-order valence-electron chi connectivity index (χ0n) is 10.4. The molecule has 1 fully saturated rings. The van der Waals surface area contributed by atoms with E-state index in [4.69, 9.17) is 5.11 Å². The monoisotopic (exact) mass is 277 g/mol. The van der Waals surface area contributed by atoms with Crippen LogP contribution in [0.15, 0.2) is 0 Å². The highest BCUT2D eigenvalue weighted by atomic mass is 32.2. The average Bonchev–Trinajstić information content (AvgIpc) is 2.65. The Morgan fingerprint density at radius 1 is 1.28 bits per heavy atom. The zero-order valence-corrected chi connectivity index (χ0v) is 11.3. The molecule has 1 amide bonds. The minimum atomic E-state index is -3.07. The molecular weight excluding hydrogens is 258 g/mol. The number of carbonyl (C=O) groups excluding carboxylic acids is 1. The lowest BCUT2D eigenvalue weighted by molar-refractivity contribution is -0.147. The molecule has 2 N–H and O–H groups in total. The Kier molecular flexibility index (Phi) is 4.72. The normalized spacial score (nSPS) is 18.5. The summed E-state index contributed by atoms with van der Waals surface area (Å²) in [5, 5.41) is 11.7. The quantitative estimate of drug-likeness (QED) is 0.728. The Bertz CT molecular complexity index is 423. The summed E-state index contributed by atoms with van der Waals surface area (Å²) in [5.74, 6) is -1.44. The van der Waals surface area contributed by atoms with Gasteiger partial charge < -0.3 is 10.4 Å². The van der Waals surface area contributed by atoms with E-state index in [9.17, 15) is 18.0 Å². The molecule has 0 heterocycles. The van der Waals surface area contributed by atoms with Crippen LogP contribution in [0, 0.1) is 0 Å². The summed E-state index contributed by atoms with van der Waals surface area (Å²) < 4.78 is 21.8. The van der Waals surface area contributed by atoms with E-state index in [0.29, 0.717) is 12.8 Å². The van der Waals surface area contributed by atoms with Gasteiger partial charge in [-0.1, -0.05) is 12.8 Å². The van der Waals surface area contributed by atoms with E-state index in [0.717, 1.165) is 19.1 Å². The van der Waals surface area contributed by atoms with Crippen LogP contribution in [0.4, 0.5) is 0 Å². The molecule has 1 rings (SSSR count). The molecule has 0 aromatic heterocycles. The molecule has 0 aliphatic heterocycles. The van der Waals surface area contributed by atoms with Gasteiger partial charge in [-0.3, -0.25) is 4.79 Å². The Hall–Kier alpha value is -1.11. The van der Waals surface area contributed by atoms with Gasteiger partial charge in [-0.15, -0.1) is 0 Å². The third kappa shape index (κ3) is 4.29. The first-order chi connectivity index (χ1) is 8.25. The van der Waals surface area contributed by atoms with Gasteiger partial charge in [-0.2, -0.15) is 0 Å². The van der Waals surface area contributed by atoms with Crippen molar-refractivity contribution in [3.8, 4) is 0 Å². The topological polar surface area (TPSA) is 101 Å². The van der Waals surface area contributed by atoms with Gasteiger partial charge in [0.05, 0.1) is 5.75 Å². The first kappa shape index (κ1) is 14.9. The van der Waals surface area contributed by atoms with Crippen LogP contribution in [-0.4, -0.2) is 42.9 Å². The fourth-order valence-corrected chi connectivity index (χ4v) is 2.86. The van der Waals surface area contributed by atoms with E-state index < -0.39 is 21.3 Å². The molecule has 7 heteroatoms. The van der Waals surface area contributed by atoms with Crippen molar-refractivity contribution in [1.82, 2.24) is 5.32 Å². The minimum Gasteiger partial charge on any atom is -0.480 e. The molecule has 0 spiro atoms. The predicted octanol–water partition coefficient (Wildman–Crippen LogP) is 0.325. The number of hydrogen-bond donors (Lipinski definition) is 2. The molecule has 0 atom stereocenters. The molecule has 0 aromatic rings. The van der Waals surface area contributed by atoms with Crippen molar-refractivity contribution in [2.75, 3.05) is 12.0 Å². The molecule has 18 heavy (non-hydrogen) atoms. The number of carbonyl (C=O) groups is 2. The van der Waals surface area contributed by atoms with Gasteiger partial charge in [-0.05, 0) is 19.3 Å². The van der Waals surface area contributed by atoms with Crippen LogP contribution in [0.5, 0.6) is 0 Å². The minimum absolute atomic E-state index is 0.0437. The highest BCUT2D eigenvalue weighted by Crippen LogP contribution is 2.30. The summed E-state index contributed by atoms with van der Waals surface area (Å²) in [4.78, 5) is 22.8. The van der Waals surface area contributed by atoms with Crippen LogP contribution in [-0.2, 0) is 19.4 Å². The Balaban J connectivity index is 2.46. The van der Waals surface area contributed by atoms with E-state index in [1.165, 1.54) is 0 Å². The maximum absolute atomic E-state index is 11.6. The van der Waals surface area contributed by atoms with Crippen molar-refractivity contribution in [3.63, 3.8) is 0 Å². The summed E-state index contributed by atoms with van der Waals surface area (Å²) in [6.07, 6.45) is 3.84. The van der Waals surface area contributed by atoms with Crippen LogP contribution >= 0.6 is 0 Å². The number of nitrogens with one attached hydrogen (secondary N) is 1. The second-order valence-corrected chi connectivity index (χ2v) is 7.14. The number of amides is 1. The van der Waals surface area contributed by atoms with Crippen LogP contribution in [0.25, 0.3) is 0 Å². The summed E-state index contributed by atoms with van der Waals surface area (Å²) >= 11 is 0. The first-order valence-electron chi connectivity index (χ1n) is 5.97. The van der Waals surface area contributed by atoms with Gasteiger partial charge in [0, 0.05) is 12.7 Å². The molecule has 6 nitrogen and oxygen atoms in total. The van der Waals surface area contributed by atoms with E-state index >= 15 is 0 Å². The van der Waals surface area contributed by atoms with Crippen LogP contribution < -0.4 is 5.32 Å². The highest BCUT2D eigenvalue weighted by molar-refractivity contribution is 7.90. The molecule has 0 radical (unpaired) electrons. The van der Waals surface area contributed by atoms with Crippen molar-refractivity contribution >= 4 is 21.7 Å². The van der Waals surface area contributed by atoms with Crippen LogP contribution in [0.2, 0.25) is 0 Å². The largest absolute Gasteiger partial charge is 0.480 e. The molecule has 0 bridgehead atoms. The van der Waals surface area contributed by atoms with Crippen molar-refractivity contribution < 1.29 is 23.1 Å². The predicted molar refractivity (Wildman–Crippen MR) is 65.9 cm³/mol. The SMILES string of the molecule is CS(=O)(=O)CCCC(=O)NC1(C(=O)O)CCCC1. The van der Waals surface area contributed by atoms with Crippen molar-refractivity contribution in [2.24, 2.45) is 0 Å². The van der Waals surface area contributed by atoms with Gasteiger partial charge in [0.2, 0.25) is 5.91 Å². The number of hydrogen-bond acceptors (Lipinski definition) is 4. The molecule has 1 aliphatic rings. The lowest BCUT2D eigenvalue weighted by atomic mass is 9.97. The van der Waals surface area contributed by atoms with Gasteiger partial charge in [0.1, 0.15) is 15.4 Å². The van der Waals surface area contributed by atoms with Gasteiger partial charge >= 0.3 is 5.97 Å². The smallest absolute Gasteiger partial charge is 0.329 e. The number of carboxylic acid groups (broad SMARTS) is 1. The van der Waals surface area contributed by atoms with E-state index in [2.05, 4.69) is 5.32 Å². The summed E-state index contributed by atoms with van der Waals surface area (Å²) in [7, 11) is -3.07. The summed E-state index contributed by atoms with van der Waals surface area (Å²) in [5.41, 5.74) is -1.14. The van der Waals surface area contributed by atoms with Gasteiger partial charge in [0.25, 0.3) is 0 Å². The molecule has 0 unspecified atom stereocenters. The van der Waals surface area contributed by atoms with Crippen LogP contribution in [0.3, 0.4) is 0 Å². The Morgan fingerprint density at radius 2 is 1.83 bits per heavy atom. The van der Waals surface area contributed by atoms with Gasteiger partial charge in [-0.25, -0.2) is 13.2 Å². The standard InChI is InChI=1S/C11H19NO5S/c1-18(16,17)8-4-5-9(13)12-11(10(14)15)6-2-3-7-11/h2-8H2,1H3,(H,12,13)(H,14,15). The fraction of sp³-hybridized carbons (Fsp3) is 0.818. The lowest BCUT2D eigenvalue weighted by Gasteiger charge is -2.25. The summed E-state index contributed by atoms with van der Waals surface area (Å²) in [6.45, 7) is 0. The number of sulfone groups is 1. The molecule has 1 aliphatic carbocycles. The maximum Gasteiger partial charge on any atom is 0.329 e. The number of aliphatic carboxylic acids is 1.